The van der Waals surface area contributed by atoms with E-state index in [0.29, 0.717) is 18.9 Å². The Morgan fingerprint density at radius 2 is 1.86 bits per heavy atom. The van der Waals surface area contributed by atoms with E-state index in [1.54, 1.807) is 23.5 Å². The maximum Gasteiger partial charge on any atom is 0.254 e. The number of carbonyl (C=O) groups excluding carboxylic acids is 1. The molecule has 148 valence electrons. The molecule has 1 amide bonds. The van der Waals surface area contributed by atoms with Crippen LogP contribution >= 0.6 is 0 Å². The highest BCUT2D eigenvalue weighted by molar-refractivity contribution is 5.94. The van der Waals surface area contributed by atoms with Gasteiger partial charge in [0.05, 0.1) is 5.69 Å². The van der Waals surface area contributed by atoms with Gasteiger partial charge in [0.2, 0.25) is 0 Å². The molecule has 0 N–H and O–H groups in total. The van der Waals surface area contributed by atoms with Crippen LogP contribution in [-0.2, 0) is 0 Å². The third-order valence-corrected chi connectivity index (χ3v) is 5.13. The van der Waals surface area contributed by atoms with Gasteiger partial charge in [0.1, 0.15) is 17.5 Å². The lowest BCUT2D eigenvalue weighted by molar-refractivity contribution is 0.0705. The number of aryl methyl sites for hydroxylation is 1. The van der Waals surface area contributed by atoms with E-state index >= 15 is 0 Å². The van der Waals surface area contributed by atoms with Crippen molar-refractivity contribution in [3.63, 3.8) is 0 Å². The fourth-order valence-electron chi connectivity index (χ4n) is 3.80. The monoisotopic (exact) mass is 394 g/mol. The van der Waals surface area contributed by atoms with Gasteiger partial charge < -0.3 is 4.90 Å². The molecular weight excluding hydrogens is 374 g/mol. The molecule has 1 unspecified atom stereocenters. The SMILES string of the molecule is Cc1ncc(-c2ccncc2)c(C2CCCN(C(=O)c3cc(F)cc(F)c3)C2)n1. The number of hydrogen-bond donors (Lipinski definition) is 0. The Balaban J connectivity index is 1.64. The van der Waals surface area contributed by atoms with Crippen molar-refractivity contribution in [1.82, 2.24) is 19.9 Å². The van der Waals surface area contributed by atoms with Crippen LogP contribution < -0.4 is 0 Å². The maximum absolute atomic E-state index is 13.5. The van der Waals surface area contributed by atoms with Gasteiger partial charge in [-0.25, -0.2) is 18.7 Å². The van der Waals surface area contributed by atoms with Crippen LogP contribution in [0.3, 0.4) is 0 Å². The first-order valence-electron chi connectivity index (χ1n) is 9.50. The molecule has 1 atom stereocenters. The Hall–Kier alpha value is -3.22. The molecule has 0 spiro atoms. The van der Waals surface area contributed by atoms with Crippen LogP contribution in [0.25, 0.3) is 11.1 Å². The van der Waals surface area contributed by atoms with Gasteiger partial charge in [0.15, 0.2) is 0 Å². The molecular formula is C22H20F2N4O. The number of halogens is 2. The summed E-state index contributed by atoms with van der Waals surface area (Å²) in [6.07, 6.45) is 6.89. The number of piperidine rings is 1. The number of carbonyl (C=O) groups is 1. The number of hydrogen-bond acceptors (Lipinski definition) is 4. The number of benzene rings is 1. The zero-order valence-corrected chi connectivity index (χ0v) is 16.0. The van der Waals surface area contributed by atoms with Crippen LogP contribution in [-0.4, -0.2) is 38.8 Å². The van der Waals surface area contributed by atoms with Gasteiger partial charge in [-0.3, -0.25) is 9.78 Å². The number of likely N-dealkylation sites (tertiary alicyclic amines) is 1. The van der Waals surface area contributed by atoms with Crippen LogP contribution in [0, 0.1) is 18.6 Å². The van der Waals surface area contributed by atoms with Crippen molar-refractivity contribution in [3.05, 3.63) is 77.6 Å². The van der Waals surface area contributed by atoms with E-state index < -0.39 is 11.6 Å². The number of amides is 1. The van der Waals surface area contributed by atoms with Crippen molar-refractivity contribution in [3.8, 4) is 11.1 Å². The van der Waals surface area contributed by atoms with Crippen molar-refractivity contribution in [2.24, 2.45) is 0 Å². The first-order valence-corrected chi connectivity index (χ1v) is 9.50. The minimum atomic E-state index is -0.756. The van der Waals surface area contributed by atoms with E-state index in [1.807, 2.05) is 19.1 Å². The molecule has 29 heavy (non-hydrogen) atoms. The van der Waals surface area contributed by atoms with Gasteiger partial charge in [-0.05, 0) is 49.6 Å². The van der Waals surface area contributed by atoms with E-state index in [2.05, 4.69) is 15.0 Å². The van der Waals surface area contributed by atoms with Gasteiger partial charge in [0, 0.05) is 54.8 Å². The molecule has 0 radical (unpaired) electrons. The van der Waals surface area contributed by atoms with Crippen molar-refractivity contribution < 1.29 is 13.6 Å². The maximum atomic E-state index is 13.5. The summed E-state index contributed by atoms with van der Waals surface area (Å²) in [5.41, 5.74) is 2.78. The zero-order valence-electron chi connectivity index (χ0n) is 16.0. The van der Waals surface area contributed by atoms with E-state index in [1.165, 1.54) is 0 Å². The standard InChI is InChI=1S/C22H20F2N4O/c1-14-26-12-20(15-4-6-25-7-5-15)21(27-14)16-3-2-8-28(13-16)22(29)17-9-18(23)11-19(24)10-17/h4-7,9-12,16H,2-3,8,13H2,1H3. The summed E-state index contributed by atoms with van der Waals surface area (Å²) in [6, 6.07) is 6.72. The number of nitrogens with zero attached hydrogens (tertiary/aromatic N) is 4. The Kier molecular flexibility index (Phi) is 5.29. The average molecular weight is 394 g/mol. The van der Waals surface area contributed by atoms with Crippen molar-refractivity contribution in [2.45, 2.75) is 25.7 Å². The molecule has 3 aromatic rings. The minimum absolute atomic E-state index is 0.0102. The largest absolute Gasteiger partial charge is 0.338 e. The minimum Gasteiger partial charge on any atom is -0.338 e. The van der Waals surface area contributed by atoms with E-state index in [0.717, 1.165) is 47.9 Å². The van der Waals surface area contributed by atoms with Crippen LogP contribution in [0.2, 0.25) is 0 Å². The third kappa shape index (κ3) is 4.13. The van der Waals surface area contributed by atoms with Crippen LogP contribution in [0.4, 0.5) is 8.78 Å². The third-order valence-electron chi connectivity index (χ3n) is 5.13. The lowest BCUT2D eigenvalue weighted by Gasteiger charge is -2.33. The first kappa shape index (κ1) is 19.1. The van der Waals surface area contributed by atoms with Gasteiger partial charge >= 0.3 is 0 Å². The topological polar surface area (TPSA) is 59.0 Å². The molecule has 1 fully saturated rings. The van der Waals surface area contributed by atoms with Crippen molar-refractivity contribution in [2.75, 3.05) is 13.1 Å². The second-order valence-corrected chi connectivity index (χ2v) is 7.20. The van der Waals surface area contributed by atoms with Crippen LogP contribution in [0.5, 0.6) is 0 Å². The van der Waals surface area contributed by atoms with Crippen molar-refractivity contribution in [1.29, 1.82) is 0 Å². The molecule has 1 aliphatic rings. The number of aromatic nitrogens is 3. The smallest absolute Gasteiger partial charge is 0.254 e. The molecule has 0 aliphatic carbocycles. The summed E-state index contributed by atoms with van der Waals surface area (Å²) in [7, 11) is 0. The zero-order chi connectivity index (χ0) is 20.4. The molecule has 0 bridgehead atoms. The Bertz CT molecular complexity index is 1020. The Morgan fingerprint density at radius 1 is 1.14 bits per heavy atom. The Labute approximate surface area is 167 Å². The predicted molar refractivity (Wildman–Crippen MR) is 104 cm³/mol. The molecule has 5 nitrogen and oxygen atoms in total. The summed E-state index contributed by atoms with van der Waals surface area (Å²) in [6.45, 7) is 2.81. The molecule has 7 heteroatoms. The van der Waals surface area contributed by atoms with E-state index in [-0.39, 0.29) is 17.4 Å². The molecule has 2 aromatic heterocycles. The molecule has 0 saturated carbocycles. The highest BCUT2D eigenvalue weighted by atomic mass is 19.1. The van der Waals surface area contributed by atoms with Gasteiger partial charge in [0.25, 0.3) is 5.91 Å². The fourth-order valence-corrected chi connectivity index (χ4v) is 3.80. The highest BCUT2D eigenvalue weighted by Gasteiger charge is 2.29. The number of rotatable bonds is 3. The second kappa shape index (κ2) is 8.03. The summed E-state index contributed by atoms with van der Waals surface area (Å²) in [5, 5.41) is 0. The second-order valence-electron chi connectivity index (χ2n) is 7.20. The van der Waals surface area contributed by atoms with Gasteiger partial charge in [-0.15, -0.1) is 0 Å². The number of pyridine rings is 1. The van der Waals surface area contributed by atoms with Gasteiger partial charge in [-0.1, -0.05) is 0 Å². The summed E-state index contributed by atoms with van der Waals surface area (Å²) in [5.74, 6) is -1.21. The first-order chi connectivity index (χ1) is 14.0. The van der Waals surface area contributed by atoms with E-state index in [9.17, 15) is 13.6 Å². The molecule has 1 saturated heterocycles. The highest BCUT2D eigenvalue weighted by Crippen LogP contribution is 2.33. The molecule has 1 aliphatic heterocycles. The van der Waals surface area contributed by atoms with E-state index in [4.69, 9.17) is 0 Å². The molecule has 1 aromatic carbocycles. The van der Waals surface area contributed by atoms with Crippen LogP contribution in [0.1, 0.15) is 40.6 Å². The van der Waals surface area contributed by atoms with Gasteiger partial charge in [-0.2, -0.15) is 0 Å². The lowest BCUT2D eigenvalue weighted by Crippen LogP contribution is -2.39. The normalized spacial score (nSPS) is 16.7. The quantitative estimate of drug-likeness (QED) is 0.670. The fraction of sp³-hybridized carbons (Fsp3) is 0.273. The lowest BCUT2D eigenvalue weighted by atomic mass is 9.89. The van der Waals surface area contributed by atoms with Crippen LogP contribution in [0.15, 0.2) is 48.9 Å². The summed E-state index contributed by atoms with van der Waals surface area (Å²) in [4.78, 5) is 27.6. The molecule has 4 rings (SSSR count). The summed E-state index contributed by atoms with van der Waals surface area (Å²) < 4.78 is 27.1. The predicted octanol–water partition coefficient (Wildman–Crippen LogP) is 4.15. The summed E-state index contributed by atoms with van der Waals surface area (Å²) >= 11 is 0. The Morgan fingerprint density at radius 3 is 2.59 bits per heavy atom. The average Bonchev–Trinajstić information content (AvgIpc) is 2.73. The molecule has 3 heterocycles. The van der Waals surface area contributed by atoms with Crippen molar-refractivity contribution >= 4 is 5.91 Å².